The van der Waals surface area contributed by atoms with Crippen molar-refractivity contribution in [3.8, 4) is 0 Å². The highest BCUT2D eigenvalue weighted by molar-refractivity contribution is 6.35. The highest BCUT2D eigenvalue weighted by Gasteiger charge is 2.32. The zero-order valence-corrected chi connectivity index (χ0v) is 6.95. The lowest BCUT2D eigenvalue weighted by molar-refractivity contribution is -0.155. The highest BCUT2D eigenvalue weighted by atomic mass is 16.2. The largest absolute Gasteiger partial charge is 0.334 e. The number of carbonyl (C=O) groups excluding carboxylic acids is 2. The zero-order chi connectivity index (χ0) is 8.55. The van der Waals surface area contributed by atoms with E-state index in [1.165, 1.54) is 0 Å². The van der Waals surface area contributed by atoms with Gasteiger partial charge in [0, 0.05) is 26.2 Å². The third kappa shape index (κ3) is 1.07. The predicted molar refractivity (Wildman–Crippen MR) is 42.4 cm³/mol. The third-order valence-corrected chi connectivity index (χ3v) is 2.47. The molecule has 2 fully saturated rings. The van der Waals surface area contributed by atoms with Crippen LogP contribution in [-0.4, -0.2) is 47.8 Å². The van der Waals surface area contributed by atoms with Crippen molar-refractivity contribution in [1.82, 2.24) is 9.80 Å². The Morgan fingerprint density at radius 3 is 1.25 bits per heavy atom. The molecule has 0 bridgehead atoms. The second kappa shape index (κ2) is 2.77. The summed E-state index contributed by atoms with van der Waals surface area (Å²) in [5, 5.41) is 0. The third-order valence-electron chi connectivity index (χ3n) is 2.47. The first-order valence-electron chi connectivity index (χ1n) is 4.37. The van der Waals surface area contributed by atoms with Gasteiger partial charge in [-0.2, -0.15) is 0 Å². The number of rotatable bonds is 0. The molecule has 2 aliphatic rings. The summed E-state index contributed by atoms with van der Waals surface area (Å²) in [4.78, 5) is 25.8. The van der Waals surface area contributed by atoms with E-state index in [-0.39, 0.29) is 11.8 Å². The van der Waals surface area contributed by atoms with E-state index in [1.54, 1.807) is 9.80 Å². The summed E-state index contributed by atoms with van der Waals surface area (Å²) in [7, 11) is 0. The van der Waals surface area contributed by atoms with Crippen molar-refractivity contribution in [3.05, 3.63) is 0 Å². The molecule has 0 aliphatic carbocycles. The maximum atomic E-state index is 11.3. The van der Waals surface area contributed by atoms with E-state index in [9.17, 15) is 9.59 Å². The number of hydrogen-bond donors (Lipinski definition) is 0. The van der Waals surface area contributed by atoms with Crippen molar-refractivity contribution in [3.63, 3.8) is 0 Å². The Hall–Kier alpha value is -1.06. The van der Waals surface area contributed by atoms with Gasteiger partial charge in [0.25, 0.3) is 0 Å². The van der Waals surface area contributed by atoms with Gasteiger partial charge >= 0.3 is 11.8 Å². The first kappa shape index (κ1) is 7.58. The summed E-state index contributed by atoms with van der Waals surface area (Å²) < 4.78 is 0. The lowest BCUT2D eigenvalue weighted by atomic mass is 10.2. The Morgan fingerprint density at radius 1 is 0.750 bits per heavy atom. The molecule has 0 aromatic rings. The number of hydrogen-bond acceptors (Lipinski definition) is 2. The van der Waals surface area contributed by atoms with Gasteiger partial charge in [-0.25, -0.2) is 0 Å². The number of amides is 2. The Morgan fingerprint density at radius 2 is 1.08 bits per heavy atom. The van der Waals surface area contributed by atoms with Crippen LogP contribution in [0.2, 0.25) is 0 Å². The Kier molecular flexibility index (Phi) is 1.75. The Bertz CT molecular complexity index is 195. The molecule has 0 radical (unpaired) electrons. The van der Waals surface area contributed by atoms with Crippen molar-refractivity contribution in [2.45, 2.75) is 12.8 Å². The first-order valence-corrected chi connectivity index (χ1v) is 4.37. The van der Waals surface area contributed by atoms with Crippen molar-refractivity contribution >= 4 is 11.8 Å². The van der Waals surface area contributed by atoms with Gasteiger partial charge in [0.15, 0.2) is 0 Å². The average Bonchev–Trinajstić information content (AvgIpc) is 1.79. The molecule has 0 aromatic carbocycles. The molecule has 2 amide bonds. The van der Waals surface area contributed by atoms with Crippen LogP contribution in [0.4, 0.5) is 0 Å². The lowest BCUT2D eigenvalue weighted by Crippen LogP contribution is -2.53. The summed E-state index contributed by atoms with van der Waals surface area (Å²) in [6.45, 7) is 3.05. The van der Waals surface area contributed by atoms with Gasteiger partial charge < -0.3 is 9.80 Å². The van der Waals surface area contributed by atoms with Crippen LogP contribution in [0.5, 0.6) is 0 Å². The van der Waals surface area contributed by atoms with E-state index in [4.69, 9.17) is 0 Å². The molecule has 4 heteroatoms. The Labute approximate surface area is 71.1 Å². The number of likely N-dealkylation sites (tertiary alicyclic amines) is 2. The molecule has 66 valence electrons. The summed E-state index contributed by atoms with van der Waals surface area (Å²) in [6, 6.07) is 0. The van der Waals surface area contributed by atoms with Gasteiger partial charge in [-0.1, -0.05) is 0 Å². The zero-order valence-electron chi connectivity index (χ0n) is 6.95. The molecule has 0 aromatic heterocycles. The average molecular weight is 168 g/mol. The topological polar surface area (TPSA) is 40.6 Å². The van der Waals surface area contributed by atoms with Gasteiger partial charge in [0.2, 0.25) is 0 Å². The van der Waals surface area contributed by atoms with E-state index in [0.29, 0.717) is 0 Å². The molecular formula is C8H12N2O2. The predicted octanol–water partition coefficient (Wildman–Crippen LogP) is -0.549. The van der Waals surface area contributed by atoms with Crippen molar-refractivity contribution in [2.24, 2.45) is 0 Å². The van der Waals surface area contributed by atoms with E-state index < -0.39 is 0 Å². The molecule has 0 spiro atoms. The van der Waals surface area contributed by atoms with E-state index in [1.807, 2.05) is 0 Å². The normalized spacial score (nSPS) is 21.3. The van der Waals surface area contributed by atoms with Crippen molar-refractivity contribution in [2.75, 3.05) is 26.2 Å². The van der Waals surface area contributed by atoms with E-state index in [0.717, 1.165) is 39.0 Å². The molecule has 12 heavy (non-hydrogen) atoms. The Balaban J connectivity index is 1.89. The molecule has 0 N–H and O–H groups in total. The summed E-state index contributed by atoms with van der Waals surface area (Å²) >= 11 is 0. The van der Waals surface area contributed by atoms with Gasteiger partial charge in [-0.05, 0) is 12.8 Å². The molecule has 0 atom stereocenters. The SMILES string of the molecule is O=C(C(=O)N1CCC1)N1CCC1. The van der Waals surface area contributed by atoms with E-state index in [2.05, 4.69) is 0 Å². The second-order valence-electron chi connectivity index (χ2n) is 3.29. The molecule has 2 saturated heterocycles. The van der Waals surface area contributed by atoms with Gasteiger partial charge in [-0.3, -0.25) is 9.59 Å². The van der Waals surface area contributed by atoms with Gasteiger partial charge in [0.1, 0.15) is 0 Å². The van der Waals surface area contributed by atoms with Crippen LogP contribution in [0.25, 0.3) is 0 Å². The summed E-state index contributed by atoms with van der Waals surface area (Å²) in [5.41, 5.74) is 0. The molecular weight excluding hydrogens is 156 g/mol. The van der Waals surface area contributed by atoms with Crippen LogP contribution in [0, 0.1) is 0 Å². The number of nitrogens with zero attached hydrogens (tertiary/aromatic N) is 2. The minimum atomic E-state index is -0.305. The van der Waals surface area contributed by atoms with Crippen molar-refractivity contribution in [1.29, 1.82) is 0 Å². The molecule has 0 saturated carbocycles. The summed E-state index contributed by atoms with van der Waals surface area (Å²) in [5.74, 6) is -0.609. The maximum Gasteiger partial charge on any atom is 0.312 e. The van der Waals surface area contributed by atoms with Gasteiger partial charge in [0.05, 0.1) is 0 Å². The smallest absolute Gasteiger partial charge is 0.312 e. The summed E-state index contributed by atoms with van der Waals surface area (Å²) in [6.07, 6.45) is 2.08. The van der Waals surface area contributed by atoms with Crippen LogP contribution in [-0.2, 0) is 9.59 Å². The van der Waals surface area contributed by atoms with Crippen LogP contribution in [0.1, 0.15) is 12.8 Å². The first-order chi connectivity index (χ1) is 5.79. The molecule has 2 rings (SSSR count). The standard InChI is InChI=1S/C8H12N2O2/c11-7(9-3-1-4-9)8(12)10-5-2-6-10/h1-6H2. The fraction of sp³-hybridized carbons (Fsp3) is 0.750. The minimum Gasteiger partial charge on any atom is -0.334 e. The van der Waals surface area contributed by atoms with Crippen molar-refractivity contribution < 1.29 is 9.59 Å². The van der Waals surface area contributed by atoms with E-state index >= 15 is 0 Å². The second-order valence-corrected chi connectivity index (χ2v) is 3.29. The van der Waals surface area contributed by atoms with Crippen LogP contribution >= 0.6 is 0 Å². The van der Waals surface area contributed by atoms with Crippen LogP contribution in [0.15, 0.2) is 0 Å². The molecule has 2 heterocycles. The highest BCUT2D eigenvalue weighted by Crippen LogP contribution is 2.11. The van der Waals surface area contributed by atoms with Crippen LogP contribution < -0.4 is 0 Å². The number of carbonyl (C=O) groups is 2. The van der Waals surface area contributed by atoms with Crippen LogP contribution in [0.3, 0.4) is 0 Å². The molecule has 0 unspecified atom stereocenters. The lowest BCUT2D eigenvalue weighted by Gasteiger charge is -2.35. The molecule has 4 nitrogen and oxygen atoms in total. The maximum absolute atomic E-state index is 11.3. The monoisotopic (exact) mass is 168 g/mol. The quantitative estimate of drug-likeness (QED) is 0.455. The molecule has 2 aliphatic heterocycles. The van der Waals surface area contributed by atoms with Gasteiger partial charge in [-0.15, -0.1) is 0 Å². The fourth-order valence-electron chi connectivity index (χ4n) is 1.31. The fourth-order valence-corrected chi connectivity index (χ4v) is 1.31. The minimum absolute atomic E-state index is 0.305.